The summed E-state index contributed by atoms with van der Waals surface area (Å²) in [4.78, 5) is 0. The first kappa shape index (κ1) is 12.3. The van der Waals surface area contributed by atoms with E-state index in [4.69, 9.17) is 0 Å². The van der Waals surface area contributed by atoms with E-state index in [0.717, 1.165) is 13.1 Å². The Morgan fingerprint density at radius 2 is 1.71 bits per heavy atom. The van der Waals surface area contributed by atoms with Crippen LogP contribution in [0.25, 0.3) is 0 Å². The van der Waals surface area contributed by atoms with Gasteiger partial charge in [0.05, 0.1) is 0 Å². The zero-order chi connectivity index (χ0) is 12.1. The van der Waals surface area contributed by atoms with Crippen LogP contribution in [0, 0.1) is 0 Å². The molecule has 1 heterocycles. The molecule has 17 heavy (non-hydrogen) atoms. The lowest BCUT2D eigenvalue weighted by atomic mass is 10.0. The largest absolute Gasteiger partial charge is 0.309 e. The van der Waals surface area contributed by atoms with E-state index in [-0.39, 0.29) is 0 Å². The first-order chi connectivity index (χ1) is 8.25. The number of hydrogen-bond acceptors (Lipinski definition) is 2. The summed E-state index contributed by atoms with van der Waals surface area (Å²) in [6.07, 6.45) is 0. The summed E-state index contributed by atoms with van der Waals surface area (Å²) < 4.78 is 0. The number of rotatable bonds is 5. The van der Waals surface area contributed by atoms with Gasteiger partial charge in [-0.3, -0.25) is 0 Å². The molecule has 0 saturated carbocycles. The SMILES string of the molecule is CC(C)c1ccc(CNCc2ccsc2)cc1. The van der Waals surface area contributed by atoms with E-state index >= 15 is 0 Å². The van der Waals surface area contributed by atoms with Crippen LogP contribution in [0.5, 0.6) is 0 Å². The van der Waals surface area contributed by atoms with E-state index in [1.807, 2.05) is 0 Å². The fourth-order valence-corrected chi connectivity index (χ4v) is 2.43. The van der Waals surface area contributed by atoms with Crippen molar-refractivity contribution in [1.82, 2.24) is 5.32 Å². The van der Waals surface area contributed by atoms with Crippen LogP contribution in [-0.4, -0.2) is 0 Å². The average molecular weight is 245 g/mol. The molecule has 0 unspecified atom stereocenters. The van der Waals surface area contributed by atoms with E-state index in [1.54, 1.807) is 11.3 Å². The maximum absolute atomic E-state index is 3.46. The van der Waals surface area contributed by atoms with Gasteiger partial charge in [0.25, 0.3) is 0 Å². The summed E-state index contributed by atoms with van der Waals surface area (Å²) in [5.74, 6) is 0.614. The standard InChI is InChI=1S/C15H19NS/c1-12(2)15-5-3-13(4-6-15)9-16-10-14-7-8-17-11-14/h3-8,11-12,16H,9-10H2,1-2H3. The molecule has 0 aliphatic heterocycles. The van der Waals surface area contributed by atoms with E-state index in [1.165, 1.54) is 16.7 Å². The Bertz CT molecular complexity index is 428. The second-order valence-corrected chi connectivity index (χ2v) is 5.41. The van der Waals surface area contributed by atoms with Gasteiger partial charge in [-0.15, -0.1) is 0 Å². The number of nitrogens with one attached hydrogen (secondary N) is 1. The molecule has 2 aromatic rings. The Morgan fingerprint density at radius 1 is 1.00 bits per heavy atom. The topological polar surface area (TPSA) is 12.0 Å². The first-order valence-electron chi connectivity index (χ1n) is 6.06. The van der Waals surface area contributed by atoms with Crippen LogP contribution in [-0.2, 0) is 13.1 Å². The van der Waals surface area contributed by atoms with E-state index < -0.39 is 0 Å². The summed E-state index contributed by atoms with van der Waals surface area (Å²) in [6, 6.07) is 11.1. The minimum atomic E-state index is 0.614. The highest BCUT2D eigenvalue weighted by Gasteiger charge is 1.99. The normalized spacial score (nSPS) is 11.0. The van der Waals surface area contributed by atoms with Gasteiger partial charge in [-0.2, -0.15) is 11.3 Å². The highest BCUT2D eigenvalue weighted by Crippen LogP contribution is 2.14. The molecular weight excluding hydrogens is 226 g/mol. The maximum Gasteiger partial charge on any atom is 0.0216 e. The fraction of sp³-hybridized carbons (Fsp3) is 0.333. The Hall–Kier alpha value is -1.12. The van der Waals surface area contributed by atoms with Crippen molar-refractivity contribution in [3.63, 3.8) is 0 Å². The Kier molecular flexibility index (Phi) is 4.35. The molecule has 0 spiro atoms. The van der Waals surface area contributed by atoms with E-state index in [0.29, 0.717) is 5.92 Å². The molecule has 0 aliphatic carbocycles. The predicted octanol–water partition coefficient (Wildman–Crippen LogP) is 4.16. The zero-order valence-corrected chi connectivity index (χ0v) is 11.3. The van der Waals surface area contributed by atoms with E-state index in [2.05, 4.69) is 60.3 Å². The summed E-state index contributed by atoms with van der Waals surface area (Å²) >= 11 is 1.75. The third-order valence-electron chi connectivity index (χ3n) is 2.88. The molecule has 1 nitrogen and oxygen atoms in total. The molecule has 0 aliphatic rings. The van der Waals surface area contributed by atoms with Gasteiger partial charge in [0, 0.05) is 13.1 Å². The average Bonchev–Trinajstić information content (AvgIpc) is 2.83. The number of hydrogen-bond donors (Lipinski definition) is 1. The van der Waals surface area contributed by atoms with Gasteiger partial charge in [0.15, 0.2) is 0 Å². The monoisotopic (exact) mass is 245 g/mol. The second kappa shape index (κ2) is 5.99. The molecule has 1 aromatic carbocycles. The van der Waals surface area contributed by atoms with E-state index in [9.17, 15) is 0 Å². The Labute approximate surface area is 108 Å². The first-order valence-corrected chi connectivity index (χ1v) is 7.00. The van der Waals surface area contributed by atoms with Crippen molar-refractivity contribution in [3.8, 4) is 0 Å². The second-order valence-electron chi connectivity index (χ2n) is 4.63. The van der Waals surface area contributed by atoms with Gasteiger partial charge in [0.1, 0.15) is 0 Å². The van der Waals surface area contributed by atoms with Gasteiger partial charge >= 0.3 is 0 Å². The lowest BCUT2D eigenvalue weighted by Gasteiger charge is -2.07. The zero-order valence-electron chi connectivity index (χ0n) is 10.4. The third kappa shape index (κ3) is 3.69. The van der Waals surface area contributed by atoms with Crippen molar-refractivity contribution in [3.05, 3.63) is 57.8 Å². The van der Waals surface area contributed by atoms with Crippen LogP contribution in [0.15, 0.2) is 41.1 Å². The van der Waals surface area contributed by atoms with Crippen molar-refractivity contribution >= 4 is 11.3 Å². The minimum Gasteiger partial charge on any atom is -0.309 e. The smallest absolute Gasteiger partial charge is 0.0216 e. The van der Waals surface area contributed by atoms with Gasteiger partial charge in [-0.25, -0.2) is 0 Å². The molecule has 90 valence electrons. The van der Waals surface area contributed by atoms with Crippen LogP contribution in [0.4, 0.5) is 0 Å². The van der Waals surface area contributed by atoms with Crippen LogP contribution in [0.3, 0.4) is 0 Å². The van der Waals surface area contributed by atoms with Crippen molar-refractivity contribution in [2.45, 2.75) is 32.9 Å². The van der Waals surface area contributed by atoms with Gasteiger partial charge in [-0.05, 0) is 39.4 Å². The molecule has 0 saturated heterocycles. The summed E-state index contributed by atoms with van der Waals surface area (Å²) in [5.41, 5.74) is 4.13. The molecule has 0 bridgehead atoms. The van der Waals surface area contributed by atoms with Crippen LogP contribution >= 0.6 is 11.3 Å². The Morgan fingerprint density at radius 3 is 2.29 bits per heavy atom. The summed E-state index contributed by atoms with van der Waals surface area (Å²) in [5, 5.41) is 7.77. The summed E-state index contributed by atoms with van der Waals surface area (Å²) in [7, 11) is 0. The van der Waals surface area contributed by atoms with Gasteiger partial charge in [-0.1, -0.05) is 38.1 Å². The summed E-state index contributed by atoms with van der Waals surface area (Å²) in [6.45, 7) is 6.34. The lowest BCUT2D eigenvalue weighted by Crippen LogP contribution is -2.12. The number of thiophene rings is 1. The number of benzene rings is 1. The lowest BCUT2D eigenvalue weighted by molar-refractivity contribution is 0.694. The Balaban J connectivity index is 1.83. The fourth-order valence-electron chi connectivity index (χ4n) is 1.76. The highest BCUT2D eigenvalue weighted by atomic mass is 32.1. The van der Waals surface area contributed by atoms with Crippen LogP contribution in [0.1, 0.15) is 36.5 Å². The van der Waals surface area contributed by atoms with Gasteiger partial charge < -0.3 is 5.32 Å². The maximum atomic E-state index is 3.46. The molecule has 0 atom stereocenters. The van der Waals surface area contributed by atoms with Crippen molar-refractivity contribution in [2.24, 2.45) is 0 Å². The quantitative estimate of drug-likeness (QED) is 0.834. The highest BCUT2D eigenvalue weighted by molar-refractivity contribution is 7.07. The molecule has 0 fully saturated rings. The molecule has 2 rings (SSSR count). The molecule has 0 amide bonds. The molecule has 0 radical (unpaired) electrons. The van der Waals surface area contributed by atoms with Crippen LogP contribution < -0.4 is 5.32 Å². The van der Waals surface area contributed by atoms with Crippen LogP contribution in [0.2, 0.25) is 0 Å². The molecular formula is C15H19NS. The molecule has 1 aromatic heterocycles. The van der Waals surface area contributed by atoms with Crippen molar-refractivity contribution in [2.75, 3.05) is 0 Å². The van der Waals surface area contributed by atoms with Gasteiger partial charge in [0.2, 0.25) is 0 Å². The third-order valence-corrected chi connectivity index (χ3v) is 3.62. The molecule has 1 N–H and O–H groups in total. The predicted molar refractivity (Wildman–Crippen MR) is 75.4 cm³/mol. The van der Waals surface area contributed by atoms with Crippen molar-refractivity contribution < 1.29 is 0 Å². The molecule has 2 heteroatoms. The van der Waals surface area contributed by atoms with Crippen molar-refractivity contribution in [1.29, 1.82) is 0 Å². The minimum absolute atomic E-state index is 0.614.